The van der Waals surface area contributed by atoms with E-state index in [1.54, 1.807) is 18.1 Å². The van der Waals surface area contributed by atoms with Gasteiger partial charge >= 0.3 is 6.03 Å². The second-order valence-electron chi connectivity index (χ2n) is 8.10. The highest BCUT2D eigenvalue weighted by molar-refractivity contribution is 5.73. The van der Waals surface area contributed by atoms with Crippen LogP contribution < -0.4 is 5.32 Å². The largest absolute Gasteiger partial charge is 0.376 e. The van der Waals surface area contributed by atoms with Crippen molar-refractivity contribution in [2.45, 2.75) is 50.7 Å². The number of H-pyrrole nitrogens is 1. The number of aromatic amines is 1. The van der Waals surface area contributed by atoms with Crippen LogP contribution in [0.15, 0.2) is 42.6 Å². The minimum atomic E-state index is -0.157. The standard InChI is InChI=1S/C21H30N4O2/c1-20(2)16-21(11-14-27-20,17-7-5-4-6-8-17)10-13-22-19(26)25(3)15-18-9-12-23-24-18/h4-9,12H,10-11,13-16H2,1-3H3,(H,22,26)(H,23,24). The summed E-state index contributed by atoms with van der Waals surface area (Å²) >= 11 is 0. The van der Waals surface area contributed by atoms with Gasteiger partial charge in [-0.15, -0.1) is 0 Å². The number of nitrogens with one attached hydrogen (secondary N) is 2. The molecule has 1 aliphatic heterocycles. The van der Waals surface area contributed by atoms with E-state index < -0.39 is 0 Å². The Bertz CT molecular complexity index is 730. The van der Waals surface area contributed by atoms with Gasteiger partial charge in [-0.1, -0.05) is 30.3 Å². The molecule has 6 heteroatoms. The van der Waals surface area contributed by atoms with Gasteiger partial charge in [0.15, 0.2) is 0 Å². The smallest absolute Gasteiger partial charge is 0.317 e. The van der Waals surface area contributed by atoms with Crippen molar-refractivity contribution in [3.8, 4) is 0 Å². The van der Waals surface area contributed by atoms with Crippen molar-refractivity contribution in [2.24, 2.45) is 0 Å². The number of hydrogen-bond acceptors (Lipinski definition) is 3. The van der Waals surface area contributed by atoms with Gasteiger partial charge in [0, 0.05) is 31.8 Å². The summed E-state index contributed by atoms with van der Waals surface area (Å²) in [5, 5.41) is 9.88. The van der Waals surface area contributed by atoms with Crippen molar-refractivity contribution in [3.05, 3.63) is 53.9 Å². The summed E-state index contributed by atoms with van der Waals surface area (Å²) in [6.07, 6.45) is 4.51. The molecule has 27 heavy (non-hydrogen) atoms. The number of urea groups is 1. The molecule has 2 aromatic rings. The molecular weight excluding hydrogens is 340 g/mol. The summed E-state index contributed by atoms with van der Waals surface area (Å²) in [5.74, 6) is 0. The predicted octanol–water partition coefficient (Wildman–Crippen LogP) is 3.47. The van der Waals surface area contributed by atoms with Crippen molar-refractivity contribution in [2.75, 3.05) is 20.2 Å². The van der Waals surface area contributed by atoms with Crippen molar-refractivity contribution in [1.29, 1.82) is 0 Å². The normalized spacial score (nSPS) is 21.6. The summed E-state index contributed by atoms with van der Waals surface area (Å²) in [6, 6.07) is 12.4. The summed E-state index contributed by atoms with van der Waals surface area (Å²) in [5.41, 5.74) is 2.12. The number of aromatic nitrogens is 2. The van der Waals surface area contributed by atoms with Gasteiger partial charge in [0.25, 0.3) is 0 Å². The fourth-order valence-electron chi connectivity index (χ4n) is 4.12. The Labute approximate surface area is 161 Å². The number of carbonyl (C=O) groups excluding carboxylic acids is 1. The molecule has 146 valence electrons. The Hall–Kier alpha value is -2.34. The summed E-state index contributed by atoms with van der Waals surface area (Å²) in [6.45, 7) is 6.20. The molecule has 2 N–H and O–H groups in total. The average Bonchev–Trinajstić information content (AvgIpc) is 3.14. The Kier molecular flexibility index (Phi) is 5.85. The lowest BCUT2D eigenvalue weighted by atomic mass is 9.67. The number of ether oxygens (including phenoxy) is 1. The third kappa shape index (κ3) is 4.89. The lowest BCUT2D eigenvalue weighted by Gasteiger charge is -2.45. The van der Waals surface area contributed by atoms with Crippen molar-refractivity contribution in [1.82, 2.24) is 20.4 Å². The molecule has 0 spiro atoms. The number of nitrogens with zero attached hydrogens (tertiary/aromatic N) is 2. The summed E-state index contributed by atoms with van der Waals surface area (Å²) in [7, 11) is 1.79. The Morgan fingerprint density at radius 2 is 2.07 bits per heavy atom. The second kappa shape index (κ2) is 8.13. The first-order valence-corrected chi connectivity index (χ1v) is 9.57. The maximum absolute atomic E-state index is 12.4. The molecule has 1 unspecified atom stereocenters. The number of amides is 2. The molecule has 1 fully saturated rings. The zero-order valence-electron chi connectivity index (χ0n) is 16.5. The van der Waals surface area contributed by atoms with Gasteiger partial charge in [0.1, 0.15) is 0 Å². The van der Waals surface area contributed by atoms with Crippen LogP contribution in [0.5, 0.6) is 0 Å². The van der Waals surface area contributed by atoms with Crippen LogP contribution in [-0.2, 0) is 16.7 Å². The first kappa shape index (κ1) is 19.4. The lowest BCUT2D eigenvalue weighted by molar-refractivity contribution is -0.0838. The van der Waals surface area contributed by atoms with Crippen LogP contribution in [0.1, 0.15) is 44.4 Å². The second-order valence-corrected chi connectivity index (χ2v) is 8.10. The van der Waals surface area contributed by atoms with Gasteiger partial charge in [-0.2, -0.15) is 5.10 Å². The van der Waals surface area contributed by atoms with E-state index in [0.717, 1.165) is 31.6 Å². The van der Waals surface area contributed by atoms with Crippen molar-refractivity contribution < 1.29 is 9.53 Å². The van der Waals surface area contributed by atoms with Gasteiger partial charge in [-0.25, -0.2) is 4.79 Å². The molecule has 6 nitrogen and oxygen atoms in total. The maximum atomic E-state index is 12.4. The molecule has 0 radical (unpaired) electrons. The van der Waals surface area contributed by atoms with E-state index in [1.165, 1.54) is 5.56 Å². The third-order valence-electron chi connectivity index (χ3n) is 5.42. The van der Waals surface area contributed by atoms with Crippen molar-refractivity contribution >= 4 is 6.03 Å². The number of carbonyl (C=O) groups is 1. The zero-order valence-corrected chi connectivity index (χ0v) is 16.5. The van der Waals surface area contributed by atoms with Crippen LogP contribution in [0.2, 0.25) is 0 Å². The molecule has 0 aliphatic carbocycles. The van der Waals surface area contributed by atoms with Crippen LogP contribution in [0.4, 0.5) is 4.79 Å². The fraction of sp³-hybridized carbons (Fsp3) is 0.524. The molecule has 2 amide bonds. The highest BCUT2D eigenvalue weighted by Crippen LogP contribution is 2.43. The first-order chi connectivity index (χ1) is 12.9. The van der Waals surface area contributed by atoms with Gasteiger partial charge < -0.3 is 15.0 Å². The van der Waals surface area contributed by atoms with Gasteiger partial charge in [0.05, 0.1) is 17.8 Å². The third-order valence-corrected chi connectivity index (χ3v) is 5.42. The molecule has 1 aliphatic rings. The monoisotopic (exact) mass is 370 g/mol. The minimum absolute atomic E-state index is 0.0260. The van der Waals surface area contributed by atoms with E-state index in [2.05, 4.69) is 53.6 Å². The van der Waals surface area contributed by atoms with Gasteiger partial charge in [-0.05, 0) is 44.7 Å². The van der Waals surface area contributed by atoms with Crippen LogP contribution in [0, 0.1) is 0 Å². The molecular formula is C21H30N4O2. The van der Waals surface area contributed by atoms with E-state index in [4.69, 9.17) is 4.74 Å². The van der Waals surface area contributed by atoms with E-state index in [0.29, 0.717) is 13.1 Å². The first-order valence-electron chi connectivity index (χ1n) is 9.57. The topological polar surface area (TPSA) is 70.2 Å². The SMILES string of the molecule is CN(Cc1ccn[nH]1)C(=O)NCCC1(c2ccccc2)CCOC(C)(C)C1. The molecule has 1 atom stereocenters. The van der Waals surface area contributed by atoms with Gasteiger partial charge in [-0.3, -0.25) is 5.10 Å². The van der Waals surface area contributed by atoms with E-state index >= 15 is 0 Å². The van der Waals surface area contributed by atoms with Crippen molar-refractivity contribution in [3.63, 3.8) is 0 Å². The highest BCUT2D eigenvalue weighted by Gasteiger charge is 2.41. The molecule has 2 heterocycles. The number of rotatable bonds is 6. The fourth-order valence-corrected chi connectivity index (χ4v) is 4.12. The minimum Gasteiger partial charge on any atom is -0.376 e. The molecule has 3 rings (SSSR count). The highest BCUT2D eigenvalue weighted by atomic mass is 16.5. The molecule has 0 saturated carbocycles. The van der Waals surface area contributed by atoms with E-state index in [-0.39, 0.29) is 17.0 Å². The van der Waals surface area contributed by atoms with Crippen LogP contribution >= 0.6 is 0 Å². The molecule has 0 bridgehead atoms. The van der Waals surface area contributed by atoms with E-state index in [1.807, 2.05) is 12.1 Å². The zero-order chi connectivity index (χ0) is 19.3. The summed E-state index contributed by atoms with van der Waals surface area (Å²) in [4.78, 5) is 14.1. The molecule has 1 saturated heterocycles. The van der Waals surface area contributed by atoms with Crippen LogP contribution in [-0.4, -0.2) is 46.9 Å². The number of hydrogen-bond donors (Lipinski definition) is 2. The molecule has 1 aromatic heterocycles. The number of benzene rings is 1. The Morgan fingerprint density at radius 3 is 2.74 bits per heavy atom. The lowest BCUT2D eigenvalue weighted by Crippen LogP contribution is -2.46. The summed E-state index contributed by atoms with van der Waals surface area (Å²) < 4.78 is 5.96. The Balaban J connectivity index is 1.62. The van der Waals surface area contributed by atoms with Gasteiger partial charge in [0.2, 0.25) is 0 Å². The Morgan fingerprint density at radius 1 is 1.30 bits per heavy atom. The van der Waals surface area contributed by atoms with E-state index in [9.17, 15) is 4.79 Å². The average molecular weight is 370 g/mol. The predicted molar refractivity (Wildman–Crippen MR) is 105 cm³/mol. The molecule has 1 aromatic carbocycles. The quantitative estimate of drug-likeness (QED) is 0.818. The van der Waals surface area contributed by atoms with Crippen LogP contribution in [0.3, 0.4) is 0 Å². The maximum Gasteiger partial charge on any atom is 0.317 e. The van der Waals surface area contributed by atoms with Crippen LogP contribution in [0.25, 0.3) is 0 Å².